The van der Waals surface area contributed by atoms with Crippen LogP contribution >= 0.6 is 23.4 Å². The minimum Gasteiger partial charge on any atom is -0.508 e. The van der Waals surface area contributed by atoms with Crippen molar-refractivity contribution < 1.29 is 9.90 Å². The summed E-state index contributed by atoms with van der Waals surface area (Å²) in [5, 5.41) is 12.2. The van der Waals surface area contributed by atoms with Crippen LogP contribution in [0.5, 0.6) is 5.75 Å². The molecular formula is C12H16ClNO2S. The first-order valence-corrected chi connectivity index (χ1v) is 6.56. The van der Waals surface area contributed by atoms with Crippen molar-refractivity contribution in [3.8, 4) is 5.75 Å². The van der Waals surface area contributed by atoms with E-state index in [2.05, 4.69) is 26.1 Å². The molecular weight excluding hydrogens is 258 g/mol. The van der Waals surface area contributed by atoms with E-state index in [9.17, 15) is 9.90 Å². The summed E-state index contributed by atoms with van der Waals surface area (Å²) < 4.78 is 0.0517. The number of anilines is 1. The number of benzene rings is 1. The van der Waals surface area contributed by atoms with Gasteiger partial charge in [0.1, 0.15) is 5.75 Å². The Kier molecular flexibility index (Phi) is 4.71. The van der Waals surface area contributed by atoms with E-state index in [0.717, 1.165) is 0 Å². The van der Waals surface area contributed by atoms with Crippen LogP contribution < -0.4 is 5.32 Å². The zero-order chi connectivity index (χ0) is 13.1. The van der Waals surface area contributed by atoms with Crippen LogP contribution in [-0.4, -0.2) is 21.5 Å². The number of thioether (sulfide) groups is 1. The molecule has 0 bridgehead atoms. The number of carbonyl (C=O) groups is 1. The molecule has 5 heteroatoms. The van der Waals surface area contributed by atoms with E-state index < -0.39 is 0 Å². The van der Waals surface area contributed by atoms with Crippen molar-refractivity contribution in [3.63, 3.8) is 0 Å². The first-order chi connectivity index (χ1) is 7.78. The Bertz CT molecular complexity index is 415. The molecule has 17 heavy (non-hydrogen) atoms. The van der Waals surface area contributed by atoms with Gasteiger partial charge in [-0.05, 0) is 12.1 Å². The average molecular weight is 274 g/mol. The van der Waals surface area contributed by atoms with Crippen LogP contribution in [0.15, 0.2) is 18.2 Å². The van der Waals surface area contributed by atoms with Gasteiger partial charge in [-0.15, -0.1) is 11.8 Å². The van der Waals surface area contributed by atoms with Gasteiger partial charge in [-0.3, -0.25) is 4.79 Å². The van der Waals surface area contributed by atoms with Crippen LogP contribution in [0.25, 0.3) is 0 Å². The van der Waals surface area contributed by atoms with E-state index in [4.69, 9.17) is 11.6 Å². The number of aromatic hydroxyl groups is 1. The maximum Gasteiger partial charge on any atom is 0.234 e. The SMILES string of the molecule is CC(C)(C)SCC(=O)Nc1ccc(O)cc1Cl. The lowest BCUT2D eigenvalue weighted by Crippen LogP contribution is -2.19. The maximum atomic E-state index is 11.6. The van der Waals surface area contributed by atoms with E-state index in [0.29, 0.717) is 16.5 Å². The largest absolute Gasteiger partial charge is 0.508 e. The molecule has 1 rings (SSSR count). The van der Waals surface area contributed by atoms with Crippen LogP contribution in [0.2, 0.25) is 5.02 Å². The number of phenols is 1. The highest BCUT2D eigenvalue weighted by Gasteiger charge is 2.14. The van der Waals surface area contributed by atoms with Crippen molar-refractivity contribution in [1.82, 2.24) is 0 Å². The summed E-state index contributed by atoms with van der Waals surface area (Å²) in [7, 11) is 0. The number of phenolic OH excluding ortho intramolecular Hbond substituents is 1. The minimum absolute atomic E-state index is 0.0517. The van der Waals surface area contributed by atoms with Crippen LogP contribution in [0.4, 0.5) is 5.69 Å². The van der Waals surface area contributed by atoms with E-state index in [1.807, 2.05) is 0 Å². The Morgan fingerprint density at radius 1 is 1.47 bits per heavy atom. The highest BCUT2D eigenvalue weighted by atomic mass is 35.5. The molecule has 94 valence electrons. The zero-order valence-corrected chi connectivity index (χ0v) is 11.7. The van der Waals surface area contributed by atoms with E-state index in [1.54, 1.807) is 17.8 Å². The average Bonchev–Trinajstić information content (AvgIpc) is 2.18. The van der Waals surface area contributed by atoms with E-state index in [1.165, 1.54) is 12.1 Å². The molecule has 3 nitrogen and oxygen atoms in total. The number of halogens is 1. The van der Waals surface area contributed by atoms with E-state index >= 15 is 0 Å². The molecule has 0 spiro atoms. The molecule has 0 saturated heterocycles. The van der Waals surface area contributed by atoms with Gasteiger partial charge in [-0.1, -0.05) is 32.4 Å². The summed E-state index contributed by atoms with van der Waals surface area (Å²) in [6.45, 7) is 6.16. The first-order valence-electron chi connectivity index (χ1n) is 5.20. The molecule has 0 unspecified atom stereocenters. The third-order valence-electron chi connectivity index (χ3n) is 1.86. The van der Waals surface area contributed by atoms with Gasteiger partial charge in [0.25, 0.3) is 0 Å². The van der Waals surface area contributed by atoms with Gasteiger partial charge in [0.15, 0.2) is 0 Å². The van der Waals surface area contributed by atoms with E-state index in [-0.39, 0.29) is 16.4 Å². The second kappa shape index (κ2) is 5.65. The van der Waals surface area contributed by atoms with Crippen molar-refractivity contribution >= 4 is 35.0 Å². The molecule has 1 aromatic carbocycles. The quantitative estimate of drug-likeness (QED) is 0.829. The van der Waals surface area contributed by atoms with Gasteiger partial charge in [-0.25, -0.2) is 0 Å². The predicted octanol–water partition coefficient (Wildman–Crippen LogP) is 3.52. The molecule has 0 fully saturated rings. The van der Waals surface area contributed by atoms with Crippen molar-refractivity contribution in [2.24, 2.45) is 0 Å². The fourth-order valence-corrected chi connectivity index (χ4v) is 1.93. The predicted molar refractivity (Wildman–Crippen MR) is 74.0 cm³/mol. The minimum atomic E-state index is -0.0995. The molecule has 0 aliphatic heterocycles. The molecule has 0 radical (unpaired) electrons. The maximum absolute atomic E-state index is 11.6. The Hall–Kier alpha value is -0.870. The topological polar surface area (TPSA) is 49.3 Å². The molecule has 0 aliphatic rings. The number of hydrogen-bond acceptors (Lipinski definition) is 3. The zero-order valence-electron chi connectivity index (χ0n) is 10.1. The number of rotatable bonds is 3. The fraction of sp³-hybridized carbons (Fsp3) is 0.417. The monoisotopic (exact) mass is 273 g/mol. The highest BCUT2D eigenvalue weighted by Crippen LogP contribution is 2.27. The van der Waals surface area contributed by atoms with Crippen LogP contribution in [0, 0.1) is 0 Å². The number of carbonyl (C=O) groups excluding carboxylic acids is 1. The molecule has 1 aromatic rings. The van der Waals surface area contributed by atoms with Crippen LogP contribution in [0.3, 0.4) is 0 Å². The molecule has 0 saturated carbocycles. The summed E-state index contributed by atoms with van der Waals surface area (Å²) >= 11 is 7.45. The highest BCUT2D eigenvalue weighted by molar-refractivity contribution is 8.01. The van der Waals surface area contributed by atoms with Crippen LogP contribution in [0.1, 0.15) is 20.8 Å². The van der Waals surface area contributed by atoms with Crippen molar-refractivity contribution in [1.29, 1.82) is 0 Å². The number of amides is 1. The standard InChI is InChI=1S/C12H16ClNO2S/c1-12(2,3)17-7-11(16)14-10-5-4-8(15)6-9(10)13/h4-6,15H,7H2,1-3H3,(H,14,16). The third-order valence-corrected chi connectivity index (χ3v) is 3.45. The van der Waals surface area contributed by atoms with Crippen molar-refractivity contribution in [2.75, 3.05) is 11.1 Å². The molecule has 1 amide bonds. The Morgan fingerprint density at radius 2 is 2.12 bits per heavy atom. The fourth-order valence-electron chi connectivity index (χ4n) is 1.07. The van der Waals surface area contributed by atoms with Crippen LogP contribution in [-0.2, 0) is 4.79 Å². The van der Waals surface area contributed by atoms with Crippen molar-refractivity contribution in [2.45, 2.75) is 25.5 Å². The number of nitrogens with one attached hydrogen (secondary N) is 1. The second-order valence-electron chi connectivity index (χ2n) is 4.61. The normalized spacial score (nSPS) is 11.3. The van der Waals surface area contributed by atoms with Gasteiger partial charge in [-0.2, -0.15) is 0 Å². The third kappa shape index (κ3) is 5.33. The van der Waals surface area contributed by atoms with Gasteiger partial charge in [0.05, 0.1) is 16.5 Å². The lowest BCUT2D eigenvalue weighted by atomic mass is 10.3. The Morgan fingerprint density at radius 3 is 2.65 bits per heavy atom. The summed E-state index contributed by atoms with van der Waals surface area (Å²) in [6.07, 6.45) is 0. The Balaban J connectivity index is 2.57. The number of hydrogen-bond donors (Lipinski definition) is 2. The van der Waals surface area contributed by atoms with Gasteiger partial charge >= 0.3 is 0 Å². The summed E-state index contributed by atoms with van der Waals surface area (Å²) in [6, 6.07) is 4.46. The summed E-state index contributed by atoms with van der Waals surface area (Å²) in [5.74, 6) is 0.357. The smallest absolute Gasteiger partial charge is 0.234 e. The summed E-state index contributed by atoms with van der Waals surface area (Å²) in [5.41, 5.74) is 0.518. The van der Waals surface area contributed by atoms with Gasteiger partial charge < -0.3 is 10.4 Å². The van der Waals surface area contributed by atoms with Crippen molar-refractivity contribution in [3.05, 3.63) is 23.2 Å². The van der Waals surface area contributed by atoms with Gasteiger partial charge in [0.2, 0.25) is 5.91 Å². The molecule has 0 aromatic heterocycles. The Labute approximate surface area is 111 Å². The first kappa shape index (κ1) is 14.2. The van der Waals surface area contributed by atoms with Gasteiger partial charge in [0, 0.05) is 10.8 Å². The summed E-state index contributed by atoms with van der Waals surface area (Å²) in [4.78, 5) is 11.6. The molecule has 0 atom stereocenters. The second-order valence-corrected chi connectivity index (χ2v) is 6.82. The molecule has 0 aliphatic carbocycles. The lowest BCUT2D eigenvalue weighted by Gasteiger charge is -2.17. The lowest BCUT2D eigenvalue weighted by molar-refractivity contribution is -0.113. The molecule has 2 N–H and O–H groups in total. The molecule has 0 heterocycles.